The predicted molar refractivity (Wildman–Crippen MR) is 115 cm³/mol. The summed E-state index contributed by atoms with van der Waals surface area (Å²) in [6, 6.07) is 12.3. The second-order valence-corrected chi connectivity index (χ2v) is 8.95. The second kappa shape index (κ2) is 7.34. The summed E-state index contributed by atoms with van der Waals surface area (Å²) in [6.45, 7) is 2.77. The van der Waals surface area contributed by atoms with Crippen LogP contribution in [0.2, 0.25) is 10.0 Å². The maximum absolute atomic E-state index is 6.23. The lowest BCUT2D eigenvalue weighted by Gasteiger charge is -2.44. The number of benzene rings is 2. The molecular formula is C20H21Cl2N3S. The number of nitrogens with zero attached hydrogens (tertiary/aromatic N) is 1. The van der Waals surface area contributed by atoms with Crippen molar-refractivity contribution in [3.63, 3.8) is 0 Å². The number of hydrogen-bond donors (Lipinski definition) is 2. The summed E-state index contributed by atoms with van der Waals surface area (Å²) in [4.78, 5) is 4.98. The molecule has 1 saturated heterocycles. The van der Waals surface area contributed by atoms with Gasteiger partial charge >= 0.3 is 0 Å². The molecule has 3 nitrogen and oxygen atoms in total. The summed E-state index contributed by atoms with van der Waals surface area (Å²) in [5.41, 5.74) is 4.26. The number of anilines is 2. The number of aryl methyl sites for hydroxylation is 1. The molecule has 0 radical (unpaired) electrons. The molecule has 2 aliphatic rings. The summed E-state index contributed by atoms with van der Waals surface area (Å²) in [6.07, 6.45) is 2.08. The van der Waals surface area contributed by atoms with E-state index in [0.29, 0.717) is 16.6 Å². The summed E-state index contributed by atoms with van der Waals surface area (Å²) >= 11 is 14.4. The first-order valence-corrected chi connectivity index (χ1v) is 10.7. The minimum atomic E-state index is -0.154. The van der Waals surface area contributed by atoms with Crippen LogP contribution in [0.1, 0.15) is 24.0 Å². The lowest BCUT2D eigenvalue weighted by Crippen LogP contribution is -2.54. The van der Waals surface area contributed by atoms with E-state index in [1.54, 1.807) is 0 Å². The molecule has 1 spiro atoms. The van der Waals surface area contributed by atoms with Gasteiger partial charge in [0, 0.05) is 0 Å². The molecule has 2 aliphatic heterocycles. The van der Waals surface area contributed by atoms with Crippen molar-refractivity contribution in [2.75, 3.05) is 22.1 Å². The number of fused-ring (bicyclic) bond motifs is 1. The van der Waals surface area contributed by atoms with Crippen LogP contribution in [-0.2, 0) is 6.54 Å². The summed E-state index contributed by atoms with van der Waals surface area (Å²) in [5.74, 6) is 3.24. The molecule has 0 unspecified atom stereocenters. The number of thioether (sulfide) groups is 1. The first-order valence-electron chi connectivity index (χ1n) is 8.78. The molecule has 26 heavy (non-hydrogen) atoms. The smallest absolute Gasteiger partial charge is 0.127 e. The summed E-state index contributed by atoms with van der Waals surface area (Å²) in [7, 11) is 0. The Bertz CT molecular complexity index is 860. The van der Waals surface area contributed by atoms with E-state index in [-0.39, 0.29) is 5.54 Å². The van der Waals surface area contributed by atoms with Crippen molar-refractivity contribution >= 4 is 52.2 Å². The highest BCUT2D eigenvalue weighted by atomic mass is 35.5. The number of rotatable bonds is 2. The fraction of sp³-hybridized carbons (Fsp3) is 0.350. The molecule has 136 valence electrons. The topological polar surface area (TPSA) is 36.4 Å². The van der Waals surface area contributed by atoms with Crippen LogP contribution in [-0.4, -0.2) is 22.9 Å². The summed E-state index contributed by atoms with van der Waals surface area (Å²) < 4.78 is 0. The third kappa shape index (κ3) is 3.55. The van der Waals surface area contributed by atoms with Gasteiger partial charge in [-0.1, -0.05) is 53.0 Å². The number of hydrogen-bond acceptors (Lipinski definition) is 3. The number of amidine groups is 1. The molecule has 2 N–H and O–H groups in total. The van der Waals surface area contributed by atoms with Gasteiger partial charge in [-0.25, -0.2) is 0 Å². The summed E-state index contributed by atoms with van der Waals surface area (Å²) in [5, 5.41) is 8.39. The van der Waals surface area contributed by atoms with Gasteiger partial charge in [0.2, 0.25) is 0 Å². The van der Waals surface area contributed by atoms with Gasteiger partial charge in [-0.3, -0.25) is 4.99 Å². The van der Waals surface area contributed by atoms with Crippen LogP contribution in [0.3, 0.4) is 0 Å². The molecule has 4 rings (SSSR count). The Labute approximate surface area is 168 Å². The normalized spacial score (nSPS) is 19.7. The molecule has 0 aromatic heterocycles. The standard InChI is InChI=1S/C20H21Cl2N3S/c1-13-3-2-4-14(9-13)12-23-19-20(5-7-26-8-6-20)25-18-11-16(22)15(21)10-17(18)24-19/h2-4,9-11,25H,5-8,12H2,1H3,(H,23,24). The molecule has 1 fully saturated rings. The van der Waals surface area contributed by atoms with Gasteiger partial charge in [0.25, 0.3) is 0 Å². The van der Waals surface area contributed by atoms with Crippen LogP contribution in [0, 0.1) is 6.92 Å². The molecular weight excluding hydrogens is 385 g/mol. The van der Waals surface area contributed by atoms with Crippen LogP contribution in [0.4, 0.5) is 11.4 Å². The molecule has 6 heteroatoms. The maximum atomic E-state index is 6.23. The van der Waals surface area contributed by atoms with Crippen LogP contribution in [0.25, 0.3) is 0 Å². The zero-order chi connectivity index (χ0) is 18.1. The van der Waals surface area contributed by atoms with Gasteiger partial charge in [0.1, 0.15) is 5.84 Å². The van der Waals surface area contributed by atoms with Crippen LogP contribution in [0.15, 0.2) is 41.4 Å². The van der Waals surface area contributed by atoms with Gasteiger partial charge < -0.3 is 10.6 Å². The molecule has 0 aliphatic carbocycles. The van der Waals surface area contributed by atoms with Crippen molar-refractivity contribution in [3.05, 3.63) is 57.6 Å². The van der Waals surface area contributed by atoms with Crippen molar-refractivity contribution in [1.82, 2.24) is 0 Å². The van der Waals surface area contributed by atoms with Crippen LogP contribution in [0.5, 0.6) is 0 Å². The lowest BCUT2D eigenvalue weighted by molar-refractivity contribution is 0.560. The minimum Gasteiger partial charge on any atom is -0.371 e. The molecule has 2 aromatic rings. The van der Waals surface area contributed by atoms with E-state index < -0.39 is 0 Å². The van der Waals surface area contributed by atoms with Gasteiger partial charge in [-0.15, -0.1) is 0 Å². The average Bonchev–Trinajstić information content (AvgIpc) is 2.62. The van der Waals surface area contributed by atoms with E-state index in [9.17, 15) is 0 Å². The SMILES string of the molecule is Cc1cccc(CN=C2Nc3cc(Cl)c(Cl)cc3NC23CCSCC3)c1. The predicted octanol–water partition coefficient (Wildman–Crippen LogP) is 6.00. The highest BCUT2D eigenvalue weighted by molar-refractivity contribution is 7.99. The minimum absolute atomic E-state index is 0.154. The van der Waals surface area contributed by atoms with Gasteiger partial charge in [0.05, 0.1) is 33.5 Å². The first-order chi connectivity index (χ1) is 12.6. The zero-order valence-electron chi connectivity index (χ0n) is 14.6. The van der Waals surface area contributed by atoms with Crippen LogP contribution >= 0.6 is 35.0 Å². The van der Waals surface area contributed by atoms with Crippen molar-refractivity contribution in [3.8, 4) is 0 Å². The highest BCUT2D eigenvalue weighted by Crippen LogP contribution is 2.42. The number of halogens is 2. The molecule has 0 atom stereocenters. The molecule has 2 heterocycles. The Kier molecular flexibility index (Phi) is 5.09. The first kappa shape index (κ1) is 18.0. The molecule has 2 aromatic carbocycles. The Morgan fingerprint density at radius 1 is 1.08 bits per heavy atom. The van der Waals surface area contributed by atoms with Gasteiger partial charge in [0.15, 0.2) is 0 Å². The fourth-order valence-corrected chi connectivity index (χ4v) is 5.09. The van der Waals surface area contributed by atoms with E-state index in [4.69, 9.17) is 28.2 Å². The van der Waals surface area contributed by atoms with Crippen molar-refractivity contribution in [1.29, 1.82) is 0 Å². The van der Waals surface area contributed by atoms with E-state index in [2.05, 4.69) is 41.8 Å². The highest BCUT2D eigenvalue weighted by Gasteiger charge is 2.41. The van der Waals surface area contributed by atoms with E-state index >= 15 is 0 Å². The van der Waals surface area contributed by atoms with Crippen molar-refractivity contribution in [2.45, 2.75) is 31.8 Å². The van der Waals surface area contributed by atoms with Crippen molar-refractivity contribution in [2.24, 2.45) is 4.99 Å². The average molecular weight is 406 g/mol. The Balaban J connectivity index is 1.70. The fourth-order valence-electron chi connectivity index (χ4n) is 3.57. The Hall–Kier alpha value is -1.36. The van der Waals surface area contributed by atoms with E-state index in [0.717, 1.165) is 41.6 Å². The largest absolute Gasteiger partial charge is 0.371 e. The molecule has 0 saturated carbocycles. The molecule has 0 amide bonds. The third-order valence-electron chi connectivity index (χ3n) is 4.99. The quantitative estimate of drug-likeness (QED) is 0.642. The third-order valence-corrected chi connectivity index (χ3v) is 6.70. The van der Waals surface area contributed by atoms with E-state index in [1.165, 1.54) is 11.1 Å². The van der Waals surface area contributed by atoms with Crippen LogP contribution < -0.4 is 10.6 Å². The monoisotopic (exact) mass is 405 g/mol. The van der Waals surface area contributed by atoms with Gasteiger partial charge in [-0.05, 0) is 49.0 Å². The zero-order valence-corrected chi connectivity index (χ0v) is 16.9. The molecule has 0 bridgehead atoms. The Morgan fingerprint density at radius 2 is 1.81 bits per heavy atom. The van der Waals surface area contributed by atoms with E-state index in [1.807, 2.05) is 23.9 Å². The second-order valence-electron chi connectivity index (χ2n) is 6.91. The van der Waals surface area contributed by atoms with Gasteiger partial charge in [-0.2, -0.15) is 11.8 Å². The Morgan fingerprint density at radius 3 is 2.54 bits per heavy atom. The maximum Gasteiger partial charge on any atom is 0.127 e. The number of nitrogens with one attached hydrogen (secondary N) is 2. The van der Waals surface area contributed by atoms with Crippen molar-refractivity contribution < 1.29 is 0 Å². The number of aliphatic imine (C=N–C) groups is 1. The lowest BCUT2D eigenvalue weighted by atomic mass is 9.87.